The van der Waals surface area contributed by atoms with Crippen LogP contribution in [0.4, 0.5) is 0 Å². The number of nitrogens with one attached hydrogen (secondary N) is 2. The molecule has 0 unspecified atom stereocenters. The molecule has 1 heterocycles. The molecule has 0 bridgehead atoms. The molecular formula is C11H15N3O2S. The molecule has 0 saturated heterocycles. The molecule has 17 heavy (non-hydrogen) atoms. The number of imidazole rings is 1. The summed E-state index contributed by atoms with van der Waals surface area (Å²) >= 11 is 0. The van der Waals surface area contributed by atoms with Crippen LogP contribution < -0.4 is 5.32 Å². The number of H-pyrrole nitrogens is 1. The molecule has 0 radical (unpaired) electrons. The number of fused-ring (bicyclic) bond motifs is 1. The molecule has 0 aliphatic rings. The van der Waals surface area contributed by atoms with Crippen molar-refractivity contribution < 1.29 is 8.42 Å². The zero-order valence-electron chi connectivity index (χ0n) is 9.82. The van der Waals surface area contributed by atoms with Crippen LogP contribution >= 0.6 is 0 Å². The van der Waals surface area contributed by atoms with Gasteiger partial charge in [-0.3, -0.25) is 0 Å². The van der Waals surface area contributed by atoms with Crippen molar-refractivity contribution in [2.45, 2.75) is 18.4 Å². The van der Waals surface area contributed by atoms with E-state index in [0.717, 1.165) is 17.9 Å². The number of nitrogens with zero attached hydrogens (tertiary/aromatic N) is 1. The van der Waals surface area contributed by atoms with E-state index in [1.54, 1.807) is 12.1 Å². The van der Waals surface area contributed by atoms with Crippen molar-refractivity contribution in [3.8, 4) is 0 Å². The number of para-hydroxylation sites is 1. The van der Waals surface area contributed by atoms with E-state index in [-0.39, 0.29) is 4.90 Å². The second-order valence-electron chi connectivity index (χ2n) is 3.89. The largest absolute Gasteiger partial charge is 0.341 e. The summed E-state index contributed by atoms with van der Waals surface area (Å²) < 4.78 is 23.2. The van der Waals surface area contributed by atoms with Crippen molar-refractivity contribution in [1.82, 2.24) is 15.3 Å². The Morgan fingerprint density at radius 1 is 1.41 bits per heavy atom. The van der Waals surface area contributed by atoms with Gasteiger partial charge < -0.3 is 10.3 Å². The van der Waals surface area contributed by atoms with Crippen molar-refractivity contribution in [2.75, 3.05) is 12.8 Å². The minimum atomic E-state index is -3.24. The van der Waals surface area contributed by atoms with Crippen molar-refractivity contribution in [3.63, 3.8) is 0 Å². The quantitative estimate of drug-likeness (QED) is 0.855. The van der Waals surface area contributed by atoms with Gasteiger partial charge in [0.15, 0.2) is 9.84 Å². The van der Waals surface area contributed by atoms with Crippen LogP contribution in [0.25, 0.3) is 11.0 Å². The van der Waals surface area contributed by atoms with Crippen molar-refractivity contribution in [1.29, 1.82) is 0 Å². The van der Waals surface area contributed by atoms with Crippen LogP contribution in [0.1, 0.15) is 12.7 Å². The summed E-state index contributed by atoms with van der Waals surface area (Å²) in [6.45, 7) is 3.45. The molecule has 6 heteroatoms. The highest BCUT2D eigenvalue weighted by atomic mass is 32.2. The number of benzene rings is 1. The minimum absolute atomic E-state index is 0.272. The van der Waals surface area contributed by atoms with E-state index in [1.807, 2.05) is 13.0 Å². The molecule has 0 saturated carbocycles. The zero-order valence-corrected chi connectivity index (χ0v) is 10.6. The standard InChI is InChI=1S/C11H15N3O2S/c1-3-12-7-10-13-8-5-4-6-9(11(8)14-10)17(2,15)16/h4-6,12H,3,7H2,1-2H3,(H,13,14). The second-order valence-corrected chi connectivity index (χ2v) is 5.87. The lowest BCUT2D eigenvalue weighted by molar-refractivity contribution is 0.602. The first kappa shape index (κ1) is 12.1. The lowest BCUT2D eigenvalue weighted by atomic mass is 10.3. The smallest absolute Gasteiger partial charge is 0.177 e. The van der Waals surface area contributed by atoms with Gasteiger partial charge >= 0.3 is 0 Å². The highest BCUT2D eigenvalue weighted by Crippen LogP contribution is 2.20. The van der Waals surface area contributed by atoms with Crippen LogP contribution in [0, 0.1) is 0 Å². The normalized spacial score (nSPS) is 12.1. The van der Waals surface area contributed by atoms with Gasteiger partial charge in [0.05, 0.1) is 17.0 Å². The molecular weight excluding hydrogens is 238 g/mol. The molecule has 2 aromatic rings. The Bertz CT molecular complexity index is 631. The lowest BCUT2D eigenvalue weighted by Crippen LogP contribution is -2.12. The SMILES string of the molecule is CCNCc1nc2c(S(C)(=O)=O)cccc2[nH]1. The summed E-state index contributed by atoms with van der Waals surface area (Å²) in [5, 5.41) is 3.14. The van der Waals surface area contributed by atoms with Gasteiger partial charge in [0.2, 0.25) is 0 Å². The van der Waals surface area contributed by atoms with E-state index in [0.29, 0.717) is 12.1 Å². The molecule has 2 rings (SSSR count). The maximum Gasteiger partial charge on any atom is 0.177 e. The highest BCUT2D eigenvalue weighted by Gasteiger charge is 2.14. The average Bonchev–Trinajstić information content (AvgIpc) is 2.66. The van der Waals surface area contributed by atoms with Crippen LogP contribution in [0.15, 0.2) is 23.1 Å². The van der Waals surface area contributed by atoms with E-state index in [9.17, 15) is 8.42 Å². The van der Waals surface area contributed by atoms with Gasteiger partial charge in [0.25, 0.3) is 0 Å². The maximum absolute atomic E-state index is 11.6. The number of hydrogen-bond acceptors (Lipinski definition) is 4. The van der Waals surface area contributed by atoms with Crippen molar-refractivity contribution >= 4 is 20.9 Å². The summed E-state index contributed by atoms with van der Waals surface area (Å²) in [7, 11) is -3.24. The Balaban J connectivity index is 2.53. The first-order valence-electron chi connectivity index (χ1n) is 5.40. The van der Waals surface area contributed by atoms with Crippen LogP contribution in [0.3, 0.4) is 0 Å². The number of aromatic nitrogens is 2. The topological polar surface area (TPSA) is 74.8 Å². The van der Waals surface area contributed by atoms with Gasteiger partial charge in [0, 0.05) is 6.26 Å². The number of rotatable bonds is 4. The molecule has 0 spiro atoms. The molecule has 2 N–H and O–H groups in total. The van der Waals surface area contributed by atoms with E-state index >= 15 is 0 Å². The Labute approximate surface area is 100 Å². The van der Waals surface area contributed by atoms with Crippen LogP contribution in [-0.4, -0.2) is 31.2 Å². The molecule has 0 atom stereocenters. The first-order chi connectivity index (χ1) is 8.02. The van der Waals surface area contributed by atoms with Crippen LogP contribution in [-0.2, 0) is 16.4 Å². The predicted molar refractivity (Wildman–Crippen MR) is 66.6 cm³/mol. The van der Waals surface area contributed by atoms with E-state index in [4.69, 9.17) is 0 Å². The molecule has 0 aliphatic heterocycles. The Hall–Kier alpha value is -1.40. The number of aromatic amines is 1. The van der Waals surface area contributed by atoms with E-state index < -0.39 is 9.84 Å². The molecule has 1 aromatic carbocycles. The van der Waals surface area contributed by atoms with Crippen molar-refractivity contribution in [2.24, 2.45) is 0 Å². The molecule has 5 nitrogen and oxygen atoms in total. The van der Waals surface area contributed by atoms with Gasteiger partial charge in [-0.05, 0) is 18.7 Å². The van der Waals surface area contributed by atoms with Crippen molar-refractivity contribution in [3.05, 3.63) is 24.0 Å². The summed E-state index contributed by atoms with van der Waals surface area (Å²) in [4.78, 5) is 7.70. The van der Waals surface area contributed by atoms with Gasteiger partial charge in [-0.25, -0.2) is 13.4 Å². The van der Waals surface area contributed by atoms with E-state index in [1.165, 1.54) is 6.26 Å². The number of sulfone groups is 1. The zero-order chi connectivity index (χ0) is 12.5. The Morgan fingerprint density at radius 3 is 2.82 bits per heavy atom. The van der Waals surface area contributed by atoms with Gasteiger partial charge in [-0.15, -0.1) is 0 Å². The second kappa shape index (κ2) is 4.46. The van der Waals surface area contributed by atoms with E-state index in [2.05, 4.69) is 15.3 Å². The summed E-state index contributed by atoms with van der Waals surface area (Å²) in [6, 6.07) is 5.12. The Morgan fingerprint density at radius 2 is 2.18 bits per heavy atom. The third-order valence-electron chi connectivity index (χ3n) is 2.47. The molecule has 0 aliphatic carbocycles. The summed E-state index contributed by atoms with van der Waals surface area (Å²) in [6.07, 6.45) is 1.19. The molecule has 0 fully saturated rings. The first-order valence-corrected chi connectivity index (χ1v) is 7.30. The highest BCUT2D eigenvalue weighted by molar-refractivity contribution is 7.91. The third kappa shape index (κ3) is 2.48. The fraction of sp³-hybridized carbons (Fsp3) is 0.364. The number of hydrogen-bond donors (Lipinski definition) is 2. The molecule has 0 amide bonds. The molecule has 92 valence electrons. The van der Waals surface area contributed by atoms with Gasteiger partial charge in [0.1, 0.15) is 11.3 Å². The summed E-state index contributed by atoms with van der Waals surface area (Å²) in [5.74, 6) is 0.748. The lowest BCUT2D eigenvalue weighted by Gasteiger charge is -1.97. The fourth-order valence-electron chi connectivity index (χ4n) is 1.68. The van der Waals surface area contributed by atoms with Gasteiger partial charge in [-0.1, -0.05) is 13.0 Å². The monoisotopic (exact) mass is 253 g/mol. The third-order valence-corrected chi connectivity index (χ3v) is 3.60. The Kier molecular flexibility index (Phi) is 3.17. The van der Waals surface area contributed by atoms with Crippen LogP contribution in [0.5, 0.6) is 0 Å². The average molecular weight is 253 g/mol. The maximum atomic E-state index is 11.6. The predicted octanol–water partition coefficient (Wildman–Crippen LogP) is 1.08. The van der Waals surface area contributed by atoms with Crippen LogP contribution in [0.2, 0.25) is 0 Å². The molecule has 1 aromatic heterocycles. The van der Waals surface area contributed by atoms with Gasteiger partial charge in [-0.2, -0.15) is 0 Å². The fourth-order valence-corrected chi connectivity index (χ4v) is 2.52. The summed E-state index contributed by atoms with van der Waals surface area (Å²) in [5.41, 5.74) is 1.27. The minimum Gasteiger partial charge on any atom is -0.341 e.